The number of hydrogen-bond donors (Lipinski definition) is 2. The van der Waals surface area contributed by atoms with E-state index in [1.165, 1.54) is 19.3 Å². The van der Waals surface area contributed by atoms with Crippen LogP contribution in [-0.2, 0) is 0 Å². The summed E-state index contributed by atoms with van der Waals surface area (Å²) >= 11 is 0. The molecule has 0 saturated carbocycles. The Morgan fingerprint density at radius 2 is 1.31 bits per heavy atom. The molecule has 0 heterocycles. The van der Waals surface area contributed by atoms with Crippen molar-refractivity contribution < 1.29 is 0 Å². The Morgan fingerprint density at radius 1 is 0.812 bits per heavy atom. The number of rotatable bonds is 7. The predicted molar refractivity (Wildman–Crippen MR) is 73.4 cm³/mol. The first-order chi connectivity index (χ1) is 7.06. The minimum absolute atomic E-state index is 0.128. The van der Waals surface area contributed by atoms with Crippen molar-refractivity contribution in [3.8, 4) is 0 Å². The fourth-order valence-corrected chi connectivity index (χ4v) is 2.07. The van der Waals surface area contributed by atoms with E-state index >= 15 is 0 Å². The highest BCUT2D eigenvalue weighted by atomic mass is 14.8. The normalized spacial score (nSPS) is 14.2. The smallest absolute Gasteiger partial charge is 0.0154 e. The van der Waals surface area contributed by atoms with E-state index in [1.807, 2.05) is 0 Å². The highest BCUT2D eigenvalue weighted by Gasteiger charge is 2.45. The third-order valence-electron chi connectivity index (χ3n) is 4.81. The lowest BCUT2D eigenvalue weighted by Crippen LogP contribution is -2.54. The van der Waals surface area contributed by atoms with E-state index in [1.54, 1.807) is 0 Å². The zero-order valence-electron chi connectivity index (χ0n) is 12.2. The average Bonchev–Trinajstić information content (AvgIpc) is 2.10. The van der Waals surface area contributed by atoms with Crippen LogP contribution in [0, 0.1) is 10.8 Å². The van der Waals surface area contributed by atoms with Gasteiger partial charge in [-0.1, -0.05) is 40.5 Å². The predicted octanol–water partition coefficient (Wildman–Crippen LogP) is 3.30. The van der Waals surface area contributed by atoms with Gasteiger partial charge in [0.15, 0.2) is 0 Å². The first kappa shape index (κ1) is 15.9. The topological polar surface area (TPSA) is 52.0 Å². The lowest BCUT2D eigenvalue weighted by atomic mass is 9.57. The Morgan fingerprint density at radius 3 is 1.69 bits per heavy atom. The van der Waals surface area contributed by atoms with Crippen molar-refractivity contribution in [2.45, 2.75) is 72.8 Å². The molecule has 0 atom stereocenters. The minimum Gasteiger partial charge on any atom is -0.330 e. The molecule has 0 aromatic heterocycles. The summed E-state index contributed by atoms with van der Waals surface area (Å²) in [6, 6.07) is 0. The van der Waals surface area contributed by atoms with Crippen LogP contribution in [0.5, 0.6) is 0 Å². The molecule has 0 aromatic rings. The largest absolute Gasteiger partial charge is 0.330 e. The zero-order chi connectivity index (χ0) is 13.0. The third-order valence-corrected chi connectivity index (χ3v) is 4.81. The molecular formula is C14H32N2. The molecule has 0 saturated heterocycles. The SMILES string of the molecule is CC(C)(N)C(C)(C)C(C)(C)CCCCCN. The number of nitrogens with two attached hydrogens (primary N) is 2. The van der Waals surface area contributed by atoms with Crippen LogP contribution in [0.25, 0.3) is 0 Å². The Balaban J connectivity index is 4.41. The summed E-state index contributed by atoms with van der Waals surface area (Å²) in [6.07, 6.45) is 4.86. The fraction of sp³-hybridized carbons (Fsp3) is 1.00. The standard InChI is InChI=1S/C14H32N2/c1-12(2,10-8-7-9-11-15)13(3,4)14(5,6)16/h7-11,15-16H2,1-6H3. The average molecular weight is 228 g/mol. The summed E-state index contributed by atoms with van der Waals surface area (Å²) in [4.78, 5) is 0. The van der Waals surface area contributed by atoms with Crippen LogP contribution in [0.3, 0.4) is 0 Å². The number of hydrogen-bond acceptors (Lipinski definition) is 2. The molecule has 2 heteroatoms. The zero-order valence-corrected chi connectivity index (χ0v) is 12.2. The molecule has 0 fully saturated rings. The van der Waals surface area contributed by atoms with Gasteiger partial charge >= 0.3 is 0 Å². The van der Waals surface area contributed by atoms with Gasteiger partial charge in [-0.3, -0.25) is 0 Å². The first-order valence-electron chi connectivity index (χ1n) is 6.55. The van der Waals surface area contributed by atoms with Crippen LogP contribution in [0.15, 0.2) is 0 Å². The van der Waals surface area contributed by atoms with E-state index in [-0.39, 0.29) is 16.4 Å². The first-order valence-corrected chi connectivity index (χ1v) is 6.55. The van der Waals surface area contributed by atoms with Gasteiger partial charge < -0.3 is 11.5 Å². The van der Waals surface area contributed by atoms with Gasteiger partial charge in [0, 0.05) is 5.54 Å². The van der Waals surface area contributed by atoms with Gasteiger partial charge in [0.1, 0.15) is 0 Å². The maximum Gasteiger partial charge on any atom is 0.0154 e. The highest BCUT2D eigenvalue weighted by molar-refractivity contribution is 4.99. The van der Waals surface area contributed by atoms with Crippen molar-refractivity contribution >= 4 is 0 Å². The van der Waals surface area contributed by atoms with Gasteiger partial charge in [-0.15, -0.1) is 0 Å². The van der Waals surface area contributed by atoms with Gasteiger partial charge in [-0.05, 0) is 44.1 Å². The molecular weight excluding hydrogens is 196 g/mol. The Hall–Kier alpha value is -0.0800. The van der Waals surface area contributed by atoms with Crippen LogP contribution in [0.4, 0.5) is 0 Å². The molecule has 2 nitrogen and oxygen atoms in total. The van der Waals surface area contributed by atoms with Crippen molar-refractivity contribution in [1.29, 1.82) is 0 Å². The maximum absolute atomic E-state index is 6.31. The lowest BCUT2D eigenvalue weighted by molar-refractivity contribution is 0.0259. The summed E-state index contributed by atoms with van der Waals surface area (Å²) in [7, 11) is 0. The molecule has 0 aliphatic heterocycles. The van der Waals surface area contributed by atoms with E-state index in [0.29, 0.717) is 0 Å². The van der Waals surface area contributed by atoms with Crippen molar-refractivity contribution in [3.63, 3.8) is 0 Å². The molecule has 0 aliphatic carbocycles. The molecule has 0 aliphatic rings. The Bertz CT molecular complexity index is 199. The monoisotopic (exact) mass is 228 g/mol. The molecule has 0 spiro atoms. The van der Waals surface area contributed by atoms with Crippen molar-refractivity contribution in [1.82, 2.24) is 0 Å². The van der Waals surface area contributed by atoms with Crippen LogP contribution in [-0.4, -0.2) is 12.1 Å². The van der Waals surface area contributed by atoms with Crippen molar-refractivity contribution in [3.05, 3.63) is 0 Å². The van der Waals surface area contributed by atoms with Gasteiger partial charge in [0.25, 0.3) is 0 Å². The lowest BCUT2D eigenvalue weighted by Gasteiger charge is -2.50. The van der Waals surface area contributed by atoms with Crippen LogP contribution < -0.4 is 11.5 Å². The molecule has 0 bridgehead atoms. The molecule has 98 valence electrons. The van der Waals surface area contributed by atoms with Crippen LogP contribution in [0.1, 0.15) is 67.2 Å². The van der Waals surface area contributed by atoms with Crippen LogP contribution >= 0.6 is 0 Å². The van der Waals surface area contributed by atoms with Gasteiger partial charge in [-0.2, -0.15) is 0 Å². The van der Waals surface area contributed by atoms with Crippen LogP contribution in [0.2, 0.25) is 0 Å². The molecule has 0 unspecified atom stereocenters. The fourth-order valence-electron chi connectivity index (χ4n) is 2.07. The van der Waals surface area contributed by atoms with Gasteiger partial charge in [-0.25, -0.2) is 0 Å². The van der Waals surface area contributed by atoms with E-state index in [9.17, 15) is 0 Å². The van der Waals surface area contributed by atoms with Crippen molar-refractivity contribution in [2.75, 3.05) is 6.54 Å². The molecule has 0 aromatic carbocycles. The summed E-state index contributed by atoms with van der Waals surface area (Å²) in [5.74, 6) is 0. The third kappa shape index (κ3) is 3.74. The number of unbranched alkanes of at least 4 members (excludes halogenated alkanes) is 2. The molecule has 0 amide bonds. The van der Waals surface area contributed by atoms with Gasteiger partial charge in [0.05, 0.1) is 0 Å². The van der Waals surface area contributed by atoms with E-state index in [4.69, 9.17) is 11.5 Å². The quantitative estimate of drug-likeness (QED) is 0.657. The second-order valence-electron chi connectivity index (χ2n) is 6.83. The highest BCUT2D eigenvalue weighted by Crippen LogP contribution is 2.48. The van der Waals surface area contributed by atoms with E-state index in [0.717, 1.165) is 13.0 Å². The minimum atomic E-state index is -0.148. The van der Waals surface area contributed by atoms with E-state index < -0.39 is 0 Å². The van der Waals surface area contributed by atoms with Gasteiger partial charge in [0.2, 0.25) is 0 Å². The second kappa shape index (κ2) is 5.50. The maximum atomic E-state index is 6.31. The van der Waals surface area contributed by atoms with Crippen molar-refractivity contribution in [2.24, 2.45) is 22.3 Å². The summed E-state index contributed by atoms with van der Waals surface area (Å²) in [6.45, 7) is 14.3. The molecule has 4 N–H and O–H groups in total. The Labute approximate surface area is 102 Å². The molecule has 0 radical (unpaired) electrons. The molecule has 0 rings (SSSR count). The second-order valence-corrected chi connectivity index (χ2v) is 6.83. The summed E-state index contributed by atoms with van der Waals surface area (Å²) in [5, 5.41) is 0. The van der Waals surface area contributed by atoms with E-state index in [2.05, 4.69) is 41.5 Å². The summed E-state index contributed by atoms with van der Waals surface area (Å²) in [5.41, 5.74) is 12.1. The Kier molecular flexibility index (Phi) is 5.48. The molecule has 16 heavy (non-hydrogen) atoms. The summed E-state index contributed by atoms with van der Waals surface area (Å²) < 4.78 is 0.